The van der Waals surface area contributed by atoms with Crippen LogP contribution in [-0.2, 0) is 6.18 Å². The zero-order valence-electron chi connectivity index (χ0n) is 13.0. The fourth-order valence-corrected chi connectivity index (χ4v) is 2.63. The minimum atomic E-state index is -4.60. The van der Waals surface area contributed by atoms with Crippen molar-refractivity contribution in [2.24, 2.45) is 0 Å². The van der Waals surface area contributed by atoms with Crippen molar-refractivity contribution in [1.82, 2.24) is 4.90 Å². The van der Waals surface area contributed by atoms with Gasteiger partial charge in [0.25, 0.3) is 5.69 Å². The molecule has 2 rings (SSSR count). The molecule has 0 saturated heterocycles. The van der Waals surface area contributed by atoms with Gasteiger partial charge in [-0.3, -0.25) is 15.0 Å². The Kier molecular flexibility index (Phi) is 5.09. The Bertz CT molecular complexity index is 624. The molecule has 0 fully saturated rings. The van der Waals surface area contributed by atoms with E-state index in [0.29, 0.717) is 19.0 Å². The van der Waals surface area contributed by atoms with Crippen LogP contribution in [0.2, 0.25) is 0 Å². The lowest BCUT2D eigenvalue weighted by Crippen LogP contribution is -2.31. The molecule has 0 atom stereocenters. The van der Waals surface area contributed by atoms with Crippen LogP contribution in [0.15, 0.2) is 24.3 Å². The summed E-state index contributed by atoms with van der Waals surface area (Å²) in [6, 6.07) is 2.79. The summed E-state index contributed by atoms with van der Waals surface area (Å²) in [6.45, 7) is 6.24. The van der Waals surface area contributed by atoms with E-state index >= 15 is 0 Å². The van der Waals surface area contributed by atoms with Gasteiger partial charge in [-0.05, 0) is 29.5 Å². The Hall–Kier alpha value is -1.89. The molecule has 125 valence electrons. The fourth-order valence-electron chi connectivity index (χ4n) is 2.63. The lowest BCUT2D eigenvalue weighted by Gasteiger charge is -2.27. The average Bonchev–Trinajstić information content (AvgIpc) is 2.46. The van der Waals surface area contributed by atoms with E-state index in [0.717, 1.165) is 24.7 Å². The number of halogens is 3. The molecule has 1 heterocycles. The van der Waals surface area contributed by atoms with Gasteiger partial charge >= 0.3 is 6.18 Å². The zero-order chi connectivity index (χ0) is 17.2. The highest BCUT2D eigenvalue weighted by Gasteiger charge is 2.33. The summed E-state index contributed by atoms with van der Waals surface area (Å²) in [5.74, 6) is 1.26. The number of alkyl halides is 3. The minimum absolute atomic E-state index is 0.281. The largest absolute Gasteiger partial charge is 0.416 e. The summed E-state index contributed by atoms with van der Waals surface area (Å²) in [4.78, 5) is 12.3. The van der Waals surface area contributed by atoms with Crippen LogP contribution < -0.4 is 0 Å². The Morgan fingerprint density at radius 3 is 2.48 bits per heavy atom. The Morgan fingerprint density at radius 1 is 1.30 bits per heavy atom. The van der Waals surface area contributed by atoms with Gasteiger partial charge in [-0.2, -0.15) is 13.2 Å². The maximum Gasteiger partial charge on any atom is 0.416 e. The number of nitro benzene ring substituents is 1. The van der Waals surface area contributed by atoms with Crippen LogP contribution in [0.25, 0.3) is 5.57 Å². The molecule has 0 amide bonds. The molecule has 4 nitrogen and oxygen atoms in total. The van der Waals surface area contributed by atoms with Crippen LogP contribution in [0.5, 0.6) is 0 Å². The molecule has 0 saturated carbocycles. The molecule has 1 aromatic rings. The predicted molar refractivity (Wildman–Crippen MR) is 81.7 cm³/mol. The number of rotatable bonds is 4. The second kappa shape index (κ2) is 6.70. The Morgan fingerprint density at radius 2 is 2.00 bits per heavy atom. The van der Waals surface area contributed by atoms with Crippen molar-refractivity contribution < 1.29 is 18.1 Å². The first kappa shape index (κ1) is 17.5. The monoisotopic (exact) mass is 327 g/mol. The van der Waals surface area contributed by atoms with Crippen molar-refractivity contribution in [2.45, 2.75) is 26.4 Å². The molecular formula is C16H18F3N2O2. The van der Waals surface area contributed by atoms with E-state index in [-0.39, 0.29) is 5.56 Å². The molecule has 1 aliphatic heterocycles. The predicted octanol–water partition coefficient (Wildman–Crippen LogP) is 4.32. The van der Waals surface area contributed by atoms with Crippen LogP contribution in [-0.4, -0.2) is 29.5 Å². The van der Waals surface area contributed by atoms with Crippen molar-refractivity contribution in [2.75, 3.05) is 19.6 Å². The second-order valence-electron chi connectivity index (χ2n) is 5.95. The average molecular weight is 327 g/mol. The van der Waals surface area contributed by atoms with Gasteiger partial charge in [0.2, 0.25) is 0 Å². The highest BCUT2D eigenvalue weighted by molar-refractivity contribution is 5.69. The van der Waals surface area contributed by atoms with Crippen molar-refractivity contribution in [3.8, 4) is 0 Å². The summed E-state index contributed by atoms with van der Waals surface area (Å²) < 4.78 is 38.8. The van der Waals surface area contributed by atoms with Crippen LogP contribution in [0, 0.1) is 16.0 Å². The van der Waals surface area contributed by atoms with Crippen LogP contribution >= 0.6 is 0 Å². The molecule has 1 aliphatic rings. The molecule has 23 heavy (non-hydrogen) atoms. The van der Waals surface area contributed by atoms with E-state index in [2.05, 4.69) is 4.90 Å². The lowest BCUT2D eigenvalue weighted by molar-refractivity contribution is -0.385. The van der Waals surface area contributed by atoms with Crippen LogP contribution in [0.1, 0.15) is 31.4 Å². The van der Waals surface area contributed by atoms with Gasteiger partial charge in [0.05, 0.1) is 10.5 Å². The van der Waals surface area contributed by atoms with Crippen molar-refractivity contribution in [3.05, 3.63) is 51.4 Å². The van der Waals surface area contributed by atoms with Gasteiger partial charge in [-0.15, -0.1) is 0 Å². The van der Waals surface area contributed by atoms with Gasteiger partial charge in [0.15, 0.2) is 0 Å². The lowest BCUT2D eigenvalue weighted by atomic mass is 9.96. The first-order valence-corrected chi connectivity index (χ1v) is 7.24. The molecule has 0 spiro atoms. The van der Waals surface area contributed by atoms with E-state index in [1.807, 2.05) is 19.9 Å². The normalized spacial score (nSPS) is 16.5. The number of benzene rings is 1. The second-order valence-corrected chi connectivity index (χ2v) is 5.95. The van der Waals surface area contributed by atoms with Gasteiger partial charge in [0, 0.05) is 31.8 Å². The third-order valence-corrected chi connectivity index (χ3v) is 3.66. The van der Waals surface area contributed by atoms with E-state index in [4.69, 9.17) is 0 Å². The molecular weight excluding hydrogens is 309 g/mol. The summed E-state index contributed by atoms with van der Waals surface area (Å²) in [7, 11) is 0. The summed E-state index contributed by atoms with van der Waals surface area (Å²) >= 11 is 0. The molecule has 0 unspecified atom stereocenters. The minimum Gasteiger partial charge on any atom is -0.299 e. The fraction of sp³-hybridized carbons (Fsp3) is 0.438. The Labute approximate surface area is 132 Å². The highest BCUT2D eigenvalue weighted by Crippen LogP contribution is 2.35. The quantitative estimate of drug-likeness (QED) is 0.611. The van der Waals surface area contributed by atoms with E-state index in [1.165, 1.54) is 12.0 Å². The SMILES string of the molecule is C[C](C)CN1CC=C(c2cc([N+](=O)[O-])cc(C(F)(F)F)c2)CC1. The third kappa shape index (κ3) is 4.54. The van der Waals surface area contributed by atoms with Gasteiger partial charge in [-0.25, -0.2) is 0 Å². The molecule has 0 aliphatic carbocycles. The topological polar surface area (TPSA) is 46.4 Å². The van der Waals surface area contributed by atoms with Gasteiger partial charge in [0.1, 0.15) is 0 Å². The van der Waals surface area contributed by atoms with Crippen molar-refractivity contribution in [3.63, 3.8) is 0 Å². The summed E-state index contributed by atoms with van der Waals surface area (Å²) in [6.07, 6.45) is -2.17. The Balaban J connectivity index is 2.31. The number of nitrogens with zero attached hydrogens (tertiary/aromatic N) is 2. The van der Waals surface area contributed by atoms with Gasteiger partial charge < -0.3 is 0 Å². The number of nitro groups is 1. The molecule has 0 bridgehead atoms. The summed E-state index contributed by atoms with van der Waals surface area (Å²) in [5.41, 5.74) is -0.508. The van der Waals surface area contributed by atoms with Crippen LogP contribution in [0.3, 0.4) is 0 Å². The number of hydrogen-bond donors (Lipinski definition) is 0. The molecule has 0 aromatic heterocycles. The smallest absolute Gasteiger partial charge is 0.299 e. The molecule has 1 aromatic carbocycles. The standard InChI is InChI=1S/C16H18F3N2O2/c1-11(2)10-20-5-3-12(4-6-20)13-7-14(16(17,18)19)9-15(8-13)21(22)23/h3,7-9H,4-6,10H2,1-2H3. The molecule has 7 heteroatoms. The first-order chi connectivity index (χ1) is 10.7. The number of non-ortho nitro benzene ring substituents is 1. The first-order valence-electron chi connectivity index (χ1n) is 7.24. The maximum absolute atomic E-state index is 12.9. The maximum atomic E-state index is 12.9. The molecule has 1 radical (unpaired) electrons. The van der Waals surface area contributed by atoms with E-state index in [9.17, 15) is 23.3 Å². The van der Waals surface area contributed by atoms with Gasteiger partial charge in [-0.1, -0.05) is 19.9 Å². The highest BCUT2D eigenvalue weighted by atomic mass is 19.4. The summed E-state index contributed by atoms with van der Waals surface area (Å²) in [5, 5.41) is 10.9. The zero-order valence-corrected chi connectivity index (χ0v) is 13.0. The van der Waals surface area contributed by atoms with Crippen molar-refractivity contribution in [1.29, 1.82) is 0 Å². The van der Waals surface area contributed by atoms with E-state index < -0.39 is 22.4 Å². The number of hydrogen-bond acceptors (Lipinski definition) is 3. The third-order valence-electron chi connectivity index (χ3n) is 3.66. The van der Waals surface area contributed by atoms with Crippen molar-refractivity contribution >= 4 is 11.3 Å². The van der Waals surface area contributed by atoms with E-state index in [1.54, 1.807) is 0 Å². The molecule has 0 N–H and O–H groups in total. The van der Waals surface area contributed by atoms with Crippen LogP contribution in [0.4, 0.5) is 18.9 Å².